The first-order chi connectivity index (χ1) is 6.82. The Kier molecular flexibility index (Phi) is 2.01. The summed E-state index contributed by atoms with van der Waals surface area (Å²) < 4.78 is 2.40. The molecule has 0 bridgehead atoms. The van der Waals surface area contributed by atoms with Gasteiger partial charge in [-0.05, 0) is 24.5 Å². The minimum Gasteiger partial charge on any atom is -0.314 e. The van der Waals surface area contributed by atoms with Crippen LogP contribution in [0.25, 0.3) is 0 Å². The molecule has 2 heteroatoms. The van der Waals surface area contributed by atoms with Gasteiger partial charge in [-0.25, -0.2) is 0 Å². The Bertz CT molecular complexity index is 355. The number of rotatable bonds is 0. The van der Waals surface area contributed by atoms with Crippen LogP contribution in [-0.2, 0) is 5.41 Å². The first-order valence-corrected chi connectivity index (χ1v) is 6.31. The van der Waals surface area contributed by atoms with Crippen LogP contribution in [0, 0.1) is 0 Å². The zero-order valence-electron chi connectivity index (χ0n) is 8.17. The van der Waals surface area contributed by atoms with Crippen LogP contribution in [0.4, 0.5) is 5.69 Å². The van der Waals surface area contributed by atoms with Gasteiger partial charge >= 0.3 is 0 Å². The van der Waals surface area contributed by atoms with Gasteiger partial charge in [0.15, 0.2) is 0 Å². The third-order valence-electron chi connectivity index (χ3n) is 3.74. The van der Waals surface area contributed by atoms with E-state index < -0.39 is 0 Å². The lowest BCUT2D eigenvalue weighted by Gasteiger charge is -2.23. The van der Waals surface area contributed by atoms with E-state index in [1.54, 1.807) is 5.56 Å². The van der Waals surface area contributed by atoms with Crippen molar-refractivity contribution < 1.29 is 0 Å². The number of fused-ring (bicyclic) bond motifs is 2. The summed E-state index contributed by atoms with van der Waals surface area (Å²) in [5.41, 5.74) is 3.57. The second-order valence-corrected chi connectivity index (χ2v) is 5.69. The van der Waals surface area contributed by atoms with Gasteiger partial charge in [0.25, 0.3) is 0 Å². The number of benzene rings is 1. The van der Waals surface area contributed by atoms with Gasteiger partial charge in [0.05, 0.1) is 22.9 Å². The van der Waals surface area contributed by atoms with E-state index in [0.717, 1.165) is 0 Å². The molecule has 0 saturated heterocycles. The summed E-state index contributed by atoms with van der Waals surface area (Å²) in [6.45, 7) is 1.23. The molecule has 1 nitrogen and oxygen atoms in total. The van der Waals surface area contributed by atoms with E-state index in [1.807, 2.05) is 0 Å². The van der Waals surface area contributed by atoms with Crippen LogP contribution in [0.2, 0.25) is 0 Å². The molecule has 1 spiro atoms. The lowest BCUT2D eigenvalue weighted by Crippen LogP contribution is -2.26. The summed E-state index contributed by atoms with van der Waals surface area (Å²) >= 11 is 2.46. The van der Waals surface area contributed by atoms with Crippen LogP contribution in [0.1, 0.15) is 31.2 Å². The molecule has 1 aromatic rings. The molecule has 3 rings (SSSR count). The van der Waals surface area contributed by atoms with Crippen molar-refractivity contribution >= 4 is 28.6 Å². The fourth-order valence-corrected chi connectivity index (χ4v) is 4.12. The summed E-state index contributed by atoms with van der Waals surface area (Å²) in [7, 11) is 0. The third kappa shape index (κ3) is 1.12. The van der Waals surface area contributed by atoms with Gasteiger partial charge in [-0.15, -0.1) is 0 Å². The molecule has 1 aliphatic carbocycles. The first kappa shape index (κ1) is 9.01. The van der Waals surface area contributed by atoms with Crippen molar-refractivity contribution in [2.24, 2.45) is 0 Å². The van der Waals surface area contributed by atoms with Gasteiger partial charge in [0.1, 0.15) is 0 Å². The van der Waals surface area contributed by atoms with Crippen molar-refractivity contribution in [3.8, 4) is 0 Å². The predicted molar refractivity (Wildman–Crippen MR) is 68.0 cm³/mol. The molecule has 0 unspecified atom stereocenters. The van der Waals surface area contributed by atoms with Gasteiger partial charge in [0.2, 0.25) is 0 Å². The van der Waals surface area contributed by atoms with Crippen LogP contribution in [0.5, 0.6) is 0 Å². The quantitative estimate of drug-likeness (QED) is 0.522. The van der Waals surface area contributed by atoms with Crippen LogP contribution >= 0.6 is 22.9 Å². The van der Waals surface area contributed by atoms with Crippen molar-refractivity contribution in [1.29, 1.82) is 0 Å². The predicted octanol–water partition coefficient (Wildman–Crippen LogP) is 3.67. The van der Waals surface area contributed by atoms with E-state index in [0.29, 0.717) is 5.41 Å². The topological polar surface area (TPSA) is 3.24 Å². The highest BCUT2D eigenvalue weighted by Crippen LogP contribution is 2.51. The Morgan fingerprint density at radius 3 is 2.64 bits per heavy atom. The SMILES string of the molecule is IN1CC2(CCCC2)c2ccccc21. The van der Waals surface area contributed by atoms with Crippen LogP contribution < -0.4 is 3.11 Å². The minimum absolute atomic E-state index is 0.512. The van der Waals surface area contributed by atoms with Crippen LogP contribution in [0.3, 0.4) is 0 Å². The third-order valence-corrected chi connectivity index (χ3v) is 4.60. The normalized spacial score (nSPS) is 23.1. The maximum Gasteiger partial charge on any atom is 0.0591 e. The molecule has 0 radical (unpaired) electrons. The number of hydrogen-bond acceptors (Lipinski definition) is 1. The van der Waals surface area contributed by atoms with Crippen molar-refractivity contribution in [2.75, 3.05) is 9.66 Å². The number of nitrogens with zero attached hydrogens (tertiary/aromatic N) is 1. The van der Waals surface area contributed by atoms with Crippen molar-refractivity contribution in [1.82, 2.24) is 0 Å². The molecule has 1 saturated carbocycles. The highest BCUT2D eigenvalue weighted by atomic mass is 127. The van der Waals surface area contributed by atoms with E-state index in [-0.39, 0.29) is 0 Å². The minimum atomic E-state index is 0.512. The molecule has 0 aromatic heterocycles. The Morgan fingerprint density at radius 2 is 1.86 bits per heavy atom. The highest BCUT2D eigenvalue weighted by molar-refractivity contribution is 14.1. The molecule has 1 fully saturated rings. The van der Waals surface area contributed by atoms with E-state index in [2.05, 4.69) is 50.2 Å². The molecule has 1 aliphatic heterocycles. The zero-order chi connectivity index (χ0) is 9.60. The second-order valence-electron chi connectivity index (χ2n) is 4.52. The number of para-hydroxylation sites is 1. The molecule has 1 heterocycles. The summed E-state index contributed by atoms with van der Waals surface area (Å²) in [5, 5.41) is 0. The van der Waals surface area contributed by atoms with Gasteiger partial charge in [-0.1, -0.05) is 31.0 Å². The van der Waals surface area contributed by atoms with Crippen LogP contribution in [-0.4, -0.2) is 6.54 Å². The summed E-state index contributed by atoms with van der Waals surface area (Å²) in [6.07, 6.45) is 5.62. The fraction of sp³-hybridized carbons (Fsp3) is 0.500. The Hall–Kier alpha value is -0.250. The van der Waals surface area contributed by atoms with Gasteiger partial charge < -0.3 is 3.11 Å². The summed E-state index contributed by atoms with van der Waals surface area (Å²) in [4.78, 5) is 0. The van der Waals surface area contributed by atoms with Gasteiger partial charge in [-0.3, -0.25) is 0 Å². The largest absolute Gasteiger partial charge is 0.314 e. The van der Waals surface area contributed by atoms with E-state index in [1.165, 1.54) is 37.9 Å². The number of hydrogen-bond donors (Lipinski definition) is 0. The molecule has 14 heavy (non-hydrogen) atoms. The smallest absolute Gasteiger partial charge is 0.0591 e. The average Bonchev–Trinajstić information content (AvgIpc) is 2.77. The maximum absolute atomic E-state index is 2.46. The van der Waals surface area contributed by atoms with E-state index >= 15 is 0 Å². The Labute approximate surface area is 99.0 Å². The lowest BCUT2D eigenvalue weighted by molar-refractivity contribution is 0.484. The molecular weight excluding hydrogens is 285 g/mol. The average molecular weight is 299 g/mol. The monoisotopic (exact) mass is 299 g/mol. The molecule has 0 N–H and O–H groups in total. The Morgan fingerprint density at radius 1 is 1.14 bits per heavy atom. The molecular formula is C12H14IN. The summed E-state index contributed by atoms with van der Waals surface area (Å²) in [5.74, 6) is 0. The highest BCUT2D eigenvalue weighted by Gasteiger charge is 2.43. The molecule has 74 valence electrons. The second kappa shape index (κ2) is 3.12. The van der Waals surface area contributed by atoms with E-state index in [9.17, 15) is 0 Å². The van der Waals surface area contributed by atoms with Gasteiger partial charge in [0, 0.05) is 17.6 Å². The molecule has 0 amide bonds. The molecule has 0 atom stereocenters. The number of halogens is 1. The molecule has 2 aliphatic rings. The van der Waals surface area contributed by atoms with Gasteiger partial charge in [-0.2, -0.15) is 0 Å². The lowest BCUT2D eigenvalue weighted by atomic mass is 9.81. The summed E-state index contributed by atoms with van der Waals surface area (Å²) in [6, 6.07) is 8.93. The fourth-order valence-electron chi connectivity index (χ4n) is 3.05. The Balaban J connectivity index is 2.13. The van der Waals surface area contributed by atoms with Crippen molar-refractivity contribution in [3.05, 3.63) is 29.8 Å². The van der Waals surface area contributed by atoms with Crippen molar-refractivity contribution in [2.45, 2.75) is 31.1 Å². The van der Waals surface area contributed by atoms with Crippen molar-refractivity contribution in [3.63, 3.8) is 0 Å². The molecule has 1 aromatic carbocycles. The zero-order valence-corrected chi connectivity index (χ0v) is 10.3. The number of anilines is 1. The standard InChI is InChI=1S/C12H14IN/c13-14-9-12(7-3-4-8-12)10-5-1-2-6-11(10)14/h1-2,5-6H,3-4,7-9H2. The van der Waals surface area contributed by atoms with E-state index in [4.69, 9.17) is 0 Å². The maximum atomic E-state index is 2.46. The van der Waals surface area contributed by atoms with Crippen LogP contribution in [0.15, 0.2) is 24.3 Å². The first-order valence-electron chi connectivity index (χ1n) is 5.35.